The molecular formula is C19H21FN4O4. The summed E-state index contributed by atoms with van der Waals surface area (Å²) in [6.45, 7) is 2.02. The zero-order valence-corrected chi connectivity index (χ0v) is 15.2. The molecule has 0 saturated carbocycles. The van der Waals surface area contributed by atoms with Gasteiger partial charge in [0.05, 0.1) is 12.6 Å². The van der Waals surface area contributed by atoms with E-state index in [0.717, 1.165) is 0 Å². The third kappa shape index (κ3) is 5.40. The van der Waals surface area contributed by atoms with Crippen LogP contribution >= 0.6 is 0 Å². The van der Waals surface area contributed by atoms with E-state index in [1.165, 1.54) is 36.5 Å². The topological polar surface area (TPSA) is 88.8 Å². The number of piperazine rings is 1. The lowest BCUT2D eigenvalue weighted by Crippen LogP contribution is -2.51. The maximum Gasteiger partial charge on any atom is 0.379 e. The monoisotopic (exact) mass is 388 g/mol. The average Bonchev–Trinajstić information content (AvgIpc) is 2.69. The minimum atomic E-state index is -0.361. The predicted octanol–water partition coefficient (Wildman–Crippen LogP) is 0.621. The Morgan fingerprint density at radius 1 is 1.11 bits per heavy atom. The van der Waals surface area contributed by atoms with E-state index in [9.17, 15) is 19.2 Å². The second-order valence-electron chi connectivity index (χ2n) is 6.37. The normalized spacial score (nSPS) is 14.5. The minimum absolute atomic E-state index is 0.0759. The van der Waals surface area contributed by atoms with Gasteiger partial charge in [-0.1, -0.05) is 0 Å². The summed E-state index contributed by atoms with van der Waals surface area (Å²) < 4.78 is 18.7. The fraction of sp³-hybridized carbons (Fsp3) is 0.316. The molecule has 1 N–H and O–H groups in total. The number of ether oxygens (including phenoxy) is 1. The average molecular weight is 388 g/mol. The number of halogens is 1. The van der Waals surface area contributed by atoms with Crippen LogP contribution in [0, 0.1) is 11.0 Å². The molecule has 0 spiro atoms. The van der Waals surface area contributed by atoms with E-state index in [0.29, 0.717) is 36.6 Å². The number of carbonyl (C=O) groups is 2. The Morgan fingerprint density at radius 2 is 1.82 bits per heavy atom. The summed E-state index contributed by atoms with van der Waals surface area (Å²) in [6.07, 6.45) is 1.30. The Morgan fingerprint density at radius 3 is 2.50 bits per heavy atom. The smallest absolute Gasteiger partial charge is 0.379 e. The van der Waals surface area contributed by atoms with Crippen molar-refractivity contribution in [3.63, 3.8) is 0 Å². The molecule has 28 heavy (non-hydrogen) atoms. The van der Waals surface area contributed by atoms with Gasteiger partial charge in [0.1, 0.15) is 5.82 Å². The van der Waals surface area contributed by atoms with E-state index in [1.54, 1.807) is 17.0 Å². The van der Waals surface area contributed by atoms with Crippen molar-refractivity contribution < 1.29 is 23.4 Å². The summed E-state index contributed by atoms with van der Waals surface area (Å²) in [4.78, 5) is 27.9. The van der Waals surface area contributed by atoms with Crippen molar-refractivity contribution in [1.82, 2.24) is 9.80 Å². The van der Waals surface area contributed by atoms with Gasteiger partial charge in [-0.15, -0.1) is 4.73 Å². The first kappa shape index (κ1) is 19.6. The van der Waals surface area contributed by atoms with Crippen molar-refractivity contribution in [2.24, 2.45) is 0 Å². The SMILES string of the molecule is O=C(CN1CCN(C(=O)COc2cccc[n+]2[O-])CC1)Nc1ccc(F)cc1. The third-order valence-electron chi connectivity index (χ3n) is 4.35. The van der Waals surface area contributed by atoms with Crippen LogP contribution in [-0.2, 0) is 9.59 Å². The maximum absolute atomic E-state index is 12.9. The summed E-state index contributed by atoms with van der Waals surface area (Å²) in [6, 6.07) is 10.3. The number of aromatic nitrogens is 1. The van der Waals surface area contributed by atoms with Crippen LogP contribution in [0.15, 0.2) is 48.7 Å². The van der Waals surface area contributed by atoms with Crippen LogP contribution in [0.5, 0.6) is 5.88 Å². The summed E-state index contributed by atoms with van der Waals surface area (Å²) in [5, 5.41) is 14.2. The molecule has 148 valence electrons. The fourth-order valence-electron chi connectivity index (χ4n) is 2.84. The Kier molecular flexibility index (Phi) is 6.38. The number of pyridine rings is 1. The molecule has 1 aliphatic heterocycles. The van der Waals surface area contributed by atoms with Crippen LogP contribution in [-0.4, -0.2) is 60.9 Å². The molecule has 3 rings (SSSR count). The number of rotatable bonds is 6. The lowest BCUT2D eigenvalue weighted by Gasteiger charge is -2.34. The van der Waals surface area contributed by atoms with Crippen molar-refractivity contribution in [2.75, 3.05) is 44.6 Å². The molecule has 0 radical (unpaired) electrons. The molecule has 0 atom stereocenters. The molecule has 0 unspecified atom stereocenters. The van der Waals surface area contributed by atoms with Crippen LogP contribution in [0.2, 0.25) is 0 Å². The third-order valence-corrected chi connectivity index (χ3v) is 4.35. The number of nitrogens with one attached hydrogen (secondary N) is 1. The molecule has 2 aromatic rings. The van der Waals surface area contributed by atoms with E-state index in [-0.39, 0.29) is 36.7 Å². The molecular weight excluding hydrogens is 367 g/mol. The summed E-state index contributed by atoms with van der Waals surface area (Å²) in [7, 11) is 0. The Labute approximate surface area is 161 Å². The maximum atomic E-state index is 12.9. The Bertz CT molecular complexity index is 823. The van der Waals surface area contributed by atoms with Crippen LogP contribution in [0.3, 0.4) is 0 Å². The minimum Gasteiger partial charge on any atom is -0.616 e. The number of anilines is 1. The molecule has 1 aliphatic rings. The van der Waals surface area contributed by atoms with Gasteiger partial charge < -0.3 is 20.2 Å². The highest BCUT2D eigenvalue weighted by molar-refractivity contribution is 5.92. The van der Waals surface area contributed by atoms with Gasteiger partial charge in [0.15, 0.2) is 12.8 Å². The van der Waals surface area contributed by atoms with Crippen molar-refractivity contribution in [2.45, 2.75) is 0 Å². The van der Waals surface area contributed by atoms with E-state index in [1.807, 2.05) is 4.90 Å². The molecule has 8 nitrogen and oxygen atoms in total. The van der Waals surface area contributed by atoms with E-state index < -0.39 is 0 Å². The molecule has 2 amide bonds. The van der Waals surface area contributed by atoms with E-state index in [2.05, 4.69) is 5.32 Å². The Hall–Kier alpha value is -3.20. The van der Waals surface area contributed by atoms with Crippen molar-refractivity contribution in [3.05, 3.63) is 59.7 Å². The van der Waals surface area contributed by atoms with Crippen LogP contribution < -0.4 is 14.8 Å². The number of hydrogen-bond acceptors (Lipinski definition) is 5. The summed E-state index contributed by atoms with van der Waals surface area (Å²) in [5.41, 5.74) is 0.536. The molecule has 1 saturated heterocycles. The molecule has 2 heterocycles. The van der Waals surface area contributed by atoms with Crippen molar-refractivity contribution in [1.29, 1.82) is 0 Å². The zero-order valence-electron chi connectivity index (χ0n) is 15.2. The van der Waals surface area contributed by atoms with Gasteiger partial charge in [-0.25, -0.2) is 4.39 Å². The molecule has 1 aromatic heterocycles. The molecule has 1 fully saturated rings. The molecule has 1 aromatic carbocycles. The quantitative estimate of drug-likeness (QED) is 0.579. The summed E-state index contributed by atoms with van der Waals surface area (Å²) in [5.74, 6) is -0.690. The van der Waals surface area contributed by atoms with Crippen LogP contribution in [0.1, 0.15) is 0 Å². The predicted molar refractivity (Wildman–Crippen MR) is 98.9 cm³/mol. The van der Waals surface area contributed by atoms with Gasteiger partial charge in [-0.2, -0.15) is 0 Å². The fourth-order valence-corrected chi connectivity index (χ4v) is 2.84. The van der Waals surface area contributed by atoms with E-state index in [4.69, 9.17) is 4.74 Å². The van der Waals surface area contributed by atoms with Gasteiger partial charge >= 0.3 is 5.88 Å². The van der Waals surface area contributed by atoms with Crippen LogP contribution in [0.25, 0.3) is 0 Å². The number of hydrogen-bond donors (Lipinski definition) is 1. The van der Waals surface area contributed by atoms with Gasteiger partial charge in [-0.05, 0) is 30.3 Å². The van der Waals surface area contributed by atoms with Crippen molar-refractivity contribution >= 4 is 17.5 Å². The lowest BCUT2D eigenvalue weighted by atomic mass is 10.3. The number of nitrogens with zero attached hydrogens (tertiary/aromatic N) is 3. The highest BCUT2D eigenvalue weighted by atomic mass is 19.1. The summed E-state index contributed by atoms with van der Waals surface area (Å²) >= 11 is 0. The van der Waals surface area contributed by atoms with Gasteiger partial charge in [0.2, 0.25) is 5.91 Å². The van der Waals surface area contributed by atoms with Crippen molar-refractivity contribution in [3.8, 4) is 5.88 Å². The highest BCUT2D eigenvalue weighted by Crippen LogP contribution is 2.09. The van der Waals surface area contributed by atoms with Gasteiger partial charge in [0.25, 0.3) is 5.91 Å². The first-order chi connectivity index (χ1) is 13.5. The van der Waals surface area contributed by atoms with Gasteiger partial charge in [0, 0.05) is 37.9 Å². The standard InChI is InChI=1S/C19H21FN4O4/c20-15-4-6-16(7-5-15)21-17(25)13-22-9-11-23(12-10-22)18(26)14-28-19-3-1-2-8-24(19)27/h1-8H,9-14H2,(H,21,25). The second kappa shape index (κ2) is 9.14. The molecule has 9 heteroatoms. The number of benzene rings is 1. The van der Waals surface area contributed by atoms with Crippen LogP contribution in [0.4, 0.5) is 10.1 Å². The zero-order chi connectivity index (χ0) is 19.9. The second-order valence-corrected chi connectivity index (χ2v) is 6.37. The number of amides is 2. The van der Waals surface area contributed by atoms with E-state index >= 15 is 0 Å². The first-order valence-electron chi connectivity index (χ1n) is 8.88. The number of carbonyl (C=O) groups excluding carboxylic acids is 2. The van der Waals surface area contributed by atoms with Gasteiger partial charge in [-0.3, -0.25) is 14.5 Å². The highest BCUT2D eigenvalue weighted by Gasteiger charge is 2.23. The molecule has 0 aliphatic carbocycles. The molecule has 0 bridgehead atoms. The Balaban J connectivity index is 1.40. The largest absolute Gasteiger partial charge is 0.616 e. The first-order valence-corrected chi connectivity index (χ1v) is 8.88. The lowest BCUT2D eigenvalue weighted by molar-refractivity contribution is -0.612.